The molecule has 0 amide bonds. The number of nitrogens with two attached hydrogens (primary N) is 1. The Morgan fingerprint density at radius 3 is 1.47 bits per heavy atom. The fourth-order valence-electron chi connectivity index (χ4n) is 2.20. The minimum atomic E-state index is 0.0739. The number of benzene rings is 2. The van der Waals surface area contributed by atoms with Crippen LogP contribution in [0.3, 0.4) is 0 Å². The van der Waals surface area contributed by atoms with Crippen LogP contribution in [0.2, 0.25) is 0 Å². The zero-order chi connectivity index (χ0) is 13.7. The summed E-state index contributed by atoms with van der Waals surface area (Å²) < 4.78 is 0. The van der Waals surface area contributed by atoms with Gasteiger partial charge in [0.2, 0.25) is 0 Å². The molecule has 0 aliphatic rings. The minimum absolute atomic E-state index is 0.0739. The van der Waals surface area contributed by atoms with Crippen molar-refractivity contribution in [3.63, 3.8) is 0 Å². The summed E-state index contributed by atoms with van der Waals surface area (Å²) in [5.74, 6) is 0.0739. The third-order valence-electron chi connectivity index (χ3n) is 3.37. The molecule has 1 nitrogen and oxygen atoms in total. The quantitative estimate of drug-likeness (QED) is 0.852. The van der Waals surface area contributed by atoms with E-state index < -0.39 is 0 Å². The van der Waals surface area contributed by atoms with Crippen molar-refractivity contribution < 1.29 is 0 Å². The lowest BCUT2D eigenvalue weighted by Crippen LogP contribution is -2.17. The van der Waals surface area contributed by atoms with Crippen LogP contribution in [0.4, 0.5) is 0 Å². The summed E-state index contributed by atoms with van der Waals surface area (Å²) >= 11 is 0. The van der Waals surface area contributed by atoms with Crippen molar-refractivity contribution in [1.29, 1.82) is 0 Å². The Bertz CT molecular complexity index is 503. The highest BCUT2D eigenvalue weighted by Crippen LogP contribution is 2.31. The molecule has 0 saturated carbocycles. The fraction of sp³-hybridized carbons (Fsp3) is 0.111. The van der Waals surface area contributed by atoms with E-state index in [1.165, 1.54) is 0 Å². The van der Waals surface area contributed by atoms with Crippen LogP contribution in [0.5, 0.6) is 0 Å². The van der Waals surface area contributed by atoms with Crippen LogP contribution in [0.1, 0.15) is 11.1 Å². The first-order valence-corrected chi connectivity index (χ1v) is 6.42. The Balaban J connectivity index is 2.26. The van der Waals surface area contributed by atoms with Crippen LogP contribution >= 0.6 is 0 Å². The third-order valence-corrected chi connectivity index (χ3v) is 3.37. The van der Waals surface area contributed by atoms with E-state index in [0.717, 1.165) is 22.3 Å². The van der Waals surface area contributed by atoms with Crippen LogP contribution in [-0.2, 0) is 0 Å². The first-order valence-electron chi connectivity index (χ1n) is 6.42. The SMILES string of the molecule is C=C(c1ccccc1)C(CN)C(=C)c1ccccc1. The zero-order valence-electron chi connectivity index (χ0n) is 11.0. The van der Waals surface area contributed by atoms with Gasteiger partial charge in [-0.2, -0.15) is 0 Å². The lowest BCUT2D eigenvalue weighted by molar-refractivity contribution is 0.862. The van der Waals surface area contributed by atoms with Gasteiger partial charge in [-0.25, -0.2) is 0 Å². The second kappa shape index (κ2) is 6.17. The largest absolute Gasteiger partial charge is 0.330 e. The van der Waals surface area contributed by atoms with Crippen molar-refractivity contribution in [2.24, 2.45) is 11.7 Å². The first kappa shape index (κ1) is 13.3. The van der Waals surface area contributed by atoms with Crippen molar-refractivity contribution >= 4 is 11.1 Å². The highest BCUT2D eigenvalue weighted by Gasteiger charge is 2.17. The molecule has 0 bridgehead atoms. The molecule has 0 fully saturated rings. The van der Waals surface area contributed by atoms with Gasteiger partial charge >= 0.3 is 0 Å². The molecule has 1 heteroatoms. The summed E-state index contributed by atoms with van der Waals surface area (Å²) in [5.41, 5.74) is 10.2. The summed E-state index contributed by atoms with van der Waals surface area (Å²) in [6, 6.07) is 20.3. The van der Waals surface area contributed by atoms with Crippen LogP contribution in [0.25, 0.3) is 11.1 Å². The molecule has 0 aliphatic heterocycles. The average molecular weight is 249 g/mol. The molecule has 2 aromatic rings. The van der Waals surface area contributed by atoms with E-state index >= 15 is 0 Å². The highest BCUT2D eigenvalue weighted by atomic mass is 14.6. The van der Waals surface area contributed by atoms with E-state index in [9.17, 15) is 0 Å². The van der Waals surface area contributed by atoms with Gasteiger partial charge in [0.1, 0.15) is 0 Å². The Labute approximate surface area is 115 Å². The maximum Gasteiger partial charge on any atom is 0.0212 e. The highest BCUT2D eigenvalue weighted by molar-refractivity contribution is 5.80. The average Bonchev–Trinajstić information content (AvgIpc) is 2.49. The van der Waals surface area contributed by atoms with E-state index in [0.29, 0.717) is 6.54 Å². The maximum absolute atomic E-state index is 5.93. The Morgan fingerprint density at radius 2 is 1.16 bits per heavy atom. The van der Waals surface area contributed by atoms with E-state index in [1.807, 2.05) is 36.4 Å². The molecular weight excluding hydrogens is 230 g/mol. The molecular formula is C18H19N. The zero-order valence-corrected chi connectivity index (χ0v) is 11.0. The molecule has 0 aliphatic carbocycles. The Morgan fingerprint density at radius 1 is 0.789 bits per heavy atom. The maximum atomic E-state index is 5.93. The van der Waals surface area contributed by atoms with Crippen LogP contribution in [-0.4, -0.2) is 6.54 Å². The predicted octanol–water partition coefficient (Wildman–Crippen LogP) is 3.99. The molecule has 2 rings (SSSR count). The van der Waals surface area contributed by atoms with Crippen molar-refractivity contribution in [2.75, 3.05) is 6.54 Å². The molecule has 0 heterocycles. The first-order chi connectivity index (χ1) is 9.24. The second-order valence-corrected chi connectivity index (χ2v) is 4.57. The van der Waals surface area contributed by atoms with Gasteiger partial charge in [0.05, 0.1) is 0 Å². The Hall–Kier alpha value is -2.12. The van der Waals surface area contributed by atoms with Crippen LogP contribution in [0, 0.1) is 5.92 Å². The molecule has 19 heavy (non-hydrogen) atoms. The van der Waals surface area contributed by atoms with Crippen molar-refractivity contribution in [3.8, 4) is 0 Å². The Kier molecular flexibility index (Phi) is 4.32. The topological polar surface area (TPSA) is 26.0 Å². The van der Waals surface area contributed by atoms with E-state index in [4.69, 9.17) is 5.73 Å². The van der Waals surface area contributed by atoms with Crippen molar-refractivity contribution in [2.45, 2.75) is 0 Å². The van der Waals surface area contributed by atoms with Crippen LogP contribution < -0.4 is 5.73 Å². The van der Waals surface area contributed by atoms with Gasteiger partial charge < -0.3 is 5.73 Å². The fourth-order valence-corrected chi connectivity index (χ4v) is 2.20. The van der Waals surface area contributed by atoms with Gasteiger partial charge in [0.15, 0.2) is 0 Å². The van der Waals surface area contributed by atoms with E-state index in [-0.39, 0.29) is 5.92 Å². The summed E-state index contributed by atoms with van der Waals surface area (Å²) in [7, 11) is 0. The van der Waals surface area contributed by atoms with Gasteiger partial charge in [-0.3, -0.25) is 0 Å². The normalized spacial score (nSPS) is 10.4. The third kappa shape index (κ3) is 3.01. The number of rotatable bonds is 5. The monoisotopic (exact) mass is 249 g/mol. The molecule has 96 valence electrons. The molecule has 0 unspecified atom stereocenters. The lowest BCUT2D eigenvalue weighted by atomic mass is 9.85. The summed E-state index contributed by atoms with van der Waals surface area (Å²) in [4.78, 5) is 0. The molecule has 0 spiro atoms. The molecule has 2 N–H and O–H groups in total. The summed E-state index contributed by atoms with van der Waals surface area (Å²) in [5, 5.41) is 0. The van der Waals surface area contributed by atoms with Gasteiger partial charge in [0, 0.05) is 12.5 Å². The van der Waals surface area contributed by atoms with Gasteiger partial charge in [0.25, 0.3) is 0 Å². The molecule has 0 radical (unpaired) electrons. The number of hydrogen-bond acceptors (Lipinski definition) is 1. The minimum Gasteiger partial charge on any atom is -0.330 e. The molecule has 2 aromatic carbocycles. The van der Waals surface area contributed by atoms with E-state index in [2.05, 4.69) is 37.4 Å². The lowest BCUT2D eigenvalue weighted by Gasteiger charge is -2.21. The number of hydrogen-bond donors (Lipinski definition) is 1. The van der Waals surface area contributed by atoms with Crippen molar-refractivity contribution in [1.82, 2.24) is 0 Å². The molecule has 0 aromatic heterocycles. The standard InChI is InChI=1S/C18H19N/c1-14(16-9-5-3-6-10-16)18(13-19)15(2)17-11-7-4-8-12-17/h3-12,18H,1-2,13,19H2. The van der Waals surface area contributed by atoms with Gasteiger partial charge in [-0.1, -0.05) is 73.8 Å². The molecule has 0 atom stereocenters. The van der Waals surface area contributed by atoms with Crippen molar-refractivity contribution in [3.05, 3.63) is 84.9 Å². The molecule has 0 saturated heterocycles. The van der Waals surface area contributed by atoms with Gasteiger partial charge in [-0.15, -0.1) is 0 Å². The van der Waals surface area contributed by atoms with E-state index in [1.54, 1.807) is 0 Å². The second-order valence-electron chi connectivity index (χ2n) is 4.57. The van der Waals surface area contributed by atoms with Crippen LogP contribution in [0.15, 0.2) is 73.8 Å². The van der Waals surface area contributed by atoms with Gasteiger partial charge in [-0.05, 0) is 22.3 Å². The summed E-state index contributed by atoms with van der Waals surface area (Å²) in [6.07, 6.45) is 0. The smallest absolute Gasteiger partial charge is 0.0212 e. The summed E-state index contributed by atoms with van der Waals surface area (Å²) in [6.45, 7) is 8.92. The predicted molar refractivity (Wildman–Crippen MR) is 83.5 cm³/mol.